The molecule has 0 aliphatic carbocycles. The lowest BCUT2D eigenvalue weighted by molar-refractivity contribution is 0.464. The molecule has 0 spiro atoms. The molecule has 1 aromatic carbocycles. The second-order valence-corrected chi connectivity index (χ2v) is 7.49. The van der Waals surface area contributed by atoms with Crippen LogP contribution in [-0.4, -0.2) is 29.6 Å². The zero-order valence-corrected chi connectivity index (χ0v) is 14.0. The van der Waals surface area contributed by atoms with E-state index >= 15 is 0 Å². The lowest BCUT2D eigenvalue weighted by Crippen LogP contribution is -2.28. The van der Waals surface area contributed by atoms with Crippen LogP contribution in [0.15, 0.2) is 24.3 Å². The first-order chi connectivity index (χ1) is 10.2. The number of hydrogen-bond donors (Lipinski definition) is 0. The largest absolute Gasteiger partial charge is 0.272 e. The minimum atomic E-state index is -3.47. The van der Waals surface area contributed by atoms with E-state index in [9.17, 15) is 12.8 Å². The number of aromatic nitrogens is 2. The molecule has 22 heavy (non-hydrogen) atoms. The highest BCUT2D eigenvalue weighted by molar-refractivity contribution is 7.88. The van der Waals surface area contributed by atoms with Gasteiger partial charge in [-0.05, 0) is 31.5 Å². The van der Waals surface area contributed by atoms with Crippen LogP contribution in [0, 0.1) is 19.7 Å². The normalized spacial score (nSPS) is 12.1. The van der Waals surface area contributed by atoms with Gasteiger partial charge in [0.05, 0.1) is 11.4 Å². The minimum Gasteiger partial charge on any atom is -0.272 e. The highest BCUT2D eigenvalue weighted by Crippen LogP contribution is 2.18. The Bertz CT molecular complexity index is 767. The first-order valence-corrected chi connectivity index (χ1v) is 8.49. The predicted molar refractivity (Wildman–Crippen MR) is 83.2 cm³/mol. The zero-order chi connectivity index (χ0) is 16.5. The maximum absolute atomic E-state index is 12.9. The van der Waals surface area contributed by atoms with Gasteiger partial charge in [-0.1, -0.05) is 12.1 Å². The Kier molecular flexibility index (Phi) is 4.67. The summed E-state index contributed by atoms with van der Waals surface area (Å²) in [5, 5.41) is 4.29. The average molecular weight is 325 g/mol. The fourth-order valence-corrected chi connectivity index (χ4v) is 3.43. The first kappa shape index (κ1) is 16.6. The van der Waals surface area contributed by atoms with Crippen LogP contribution in [0.3, 0.4) is 0 Å². The third-order valence-electron chi connectivity index (χ3n) is 3.78. The van der Waals surface area contributed by atoms with Crippen molar-refractivity contribution < 1.29 is 12.8 Å². The lowest BCUT2D eigenvalue weighted by Gasteiger charge is -2.17. The van der Waals surface area contributed by atoms with E-state index in [0.29, 0.717) is 5.56 Å². The number of benzene rings is 1. The van der Waals surface area contributed by atoms with Crippen molar-refractivity contribution in [1.82, 2.24) is 14.1 Å². The molecule has 0 atom stereocenters. The molecule has 7 heteroatoms. The number of rotatable bonds is 5. The molecule has 0 N–H and O–H groups in total. The molecular formula is C15H20FN3O2S. The van der Waals surface area contributed by atoms with Crippen LogP contribution in [0.2, 0.25) is 0 Å². The standard InChI is InChI=1S/C15H20FN3O2S/c1-11-15(12(2)19(4)17-11)9-18(3)22(20,21)10-13-5-7-14(16)8-6-13/h5-8H,9-10H2,1-4H3. The van der Waals surface area contributed by atoms with E-state index in [2.05, 4.69) is 5.10 Å². The molecule has 0 unspecified atom stereocenters. The number of aryl methyl sites for hydroxylation is 2. The second-order valence-electron chi connectivity index (χ2n) is 5.41. The highest BCUT2D eigenvalue weighted by atomic mass is 32.2. The lowest BCUT2D eigenvalue weighted by atomic mass is 10.2. The van der Waals surface area contributed by atoms with Crippen molar-refractivity contribution in [2.75, 3.05) is 7.05 Å². The molecule has 0 saturated carbocycles. The second kappa shape index (κ2) is 6.18. The van der Waals surface area contributed by atoms with Crippen molar-refractivity contribution in [3.05, 3.63) is 52.6 Å². The van der Waals surface area contributed by atoms with Crippen molar-refractivity contribution in [3.8, 4) is 0 Å². The van der Waals surface area contributed by atoms with Crippen LogP contribution in [-0.2, 0) is 29.4 Å². The molecule has 5 nitrogen and oxygen atoms in total. The first-order valence-electron chi connectivity index (χ1n) is 6.88. The summed E-state index contributed by atoms with van der Waals surface area (Å²) in [5.74, 6) is -0.529. The van der Waals surface area contributed by atoms with E-state index in [0.717, 1.165) is 17.0 Å². The van der Waals surface area contributed by atoms with Crippen LogP contribution in [0.4, 0.5) is 4.39 Å². The third kappa shape index (κ3) is 3.53. The molecule has 120 valence electrons. The Hall–Kier alpha value is -1.73. The summed E-state index contributed by atoms with van der Waals surface area (Å²) < 4.78 is 40.8. The van der Waals surface area contributed by atoms with E-state index in [1.807, 2.05) is 20.9 Å². The van der Waals surface area contributed by atoms with Crippen LogP contribution < -0.4 is 0 Å². The van der Waals surface area contributed by atoms with Crippen molar-refractivity contribution in [2.24, 2.45) is 7.05 Å². The van der Waals surface area contributed by atoms with Gasteiger partial charge >= 0.3 is 0 Å². The van der Waals surface area contributed by atoms with E-state index in [4.69, 9.17) is 0 Å². The van der Waals surface area contributed by atoms with E-state index in [1.54, 1.807) is 11.7 Å². The zero-order valence-electron chi connectivity index (χ0n) is 13.2. The van der Waals surface area contributed by atoms with Crippen molar-refractivity contribution >= 4 is 10.0 Å². The van der Waals surface area contributed by atoms with Crippen LogP contribution in [0.25, 0.3) is 0 Å². The predicted octanol–water partition coefficient (Wildman–Crippen LogP) is 2.14. The van der Waals surface area contributed by atoms with E-state index in [-0.39, 0.29) is 18.1 Å². The SMILES string of the molecule is Cc1nn(C)c(C)c1CN(C)S(=O)(=O)Cc1ccc(F)cc1. The molecule has 1 heterocycles. The molecule has 1 aromatic heterocycles. The van der Waals surface area contributed by atoms with Gasteiger partial charge in [-0.15, -0.1) is 0 Å². The van der Waals surface area contributed by atoms with Crippen LogP contribution in [0.5, 0.6) is 0 Å². The molecule has 2 rings (SSSR count). The number of hydrogen-bond acceptors (Lipinski definition) is 3. The summed E-state index contributed by atoms with van der Waals surface area (Å²) in [5.41, 5.74) is 3.24. The summed E-state index contributed by atoms with van der Waals surface area (Å²) in [6.45, 7) is 4.05. The molecule has 0 aliphatic rings. The summed E-state index contributed by atoms with van der Waals surface area (Å²) in [7, 11) is -0.0962. The summed E-state index contributed by atoms with van der Waals surface area (Å²) >= 11 is 0. The summed E-state index contributed by atoms with van der Waals surface area (Å²) in [4.78, 5) is 0. The van der Waals surface area contributed by atoms with Gasteiger partial charge < -0.3 is 0 Å². The minimum absolute atomic E-state index is 0.151. The van der Waals surface area contributed by atoms with Gasteiger partial charge in [-0.2, -0.15) is 5.10 Å². The fourth-order valence-electron chi connectivity index (χ4n) is 2.27. The summed E-state index contributed by atoms with van der Waals surface area (Å²) in [6.07, 6.45) is 0. The third-order valence-corrected chi connectivity index (χ3v) is 5.55. The Labute approximate surface area is 130 Å². The maximum Gasteiger partial charge on any atom is 0.218 e. The Morgan fingerprint density at radius 1 is 1.23 bits per heavy atom. The molecule has 0 bridgehead atoms. The quantitative estimate of drug-likeness (QED) is 0.846. The molecule has 0 fully saturated rings. The van der Waals surface area contributed by atoms with E-state index < -0.39 is 10.0 Å². The number of nitrogens with zero attached hydrogens (tertiary/aromatic N) is 3. The van der Waals surface area contributed by atoms with Crippen molar-refractivity contribution in [1.29, 1.82) is 0 Å². The van der Waals surface area contributed by atoms with Crippen LogP contribution >= 0.6 is 0 Å². The molecule has 2 aromatic rings. The monoisotopic (exact) mass is 325 g/mol. The van der Waals surface area contributed by atoms with Gasteiger partial charge in [0.15, 0.2) is 0 Å². The Morgan fingerprint density at radius 2 is 1.82 bits per heavy atom. The number of halogens is 1. The Balaban J connectivity index is 2.16. The molecule has 0 aliphatic heterocycles. The maximum atomic E-state index is 12.9. The van der Waals surface area contributed by atoms with Gasteiger partial charge in [0.1, 0.15) is 5.82 Å². The van der Waals surface area contributed by atoms with Crippen LogP contribution in [0.1, 0.15) is 22.5 Å². The number of sulfonamides is 1. The Morgan fingerprint density at radius 3 is 2.32 bits per heavy atom. The summed E-state index contributed by atoms with van der Waals surface area (Å²) in [6, 6.07) is 5.50. The average Bonchev–Trinajstić information content (AvgIpc) is 2.67. The van der Waals surface area contributed by atoms with Gasteiger partial charge in [0.2, 0.25) is 10.0 Å². The molecule has 0 amide bonds. The van der Waals surface area contributed by atoms with Gasteiger partial charge in [0, 0.05) is 31.9 Å². The van der Waals surface area contributed by atoms with Gasteiger partial charge in [-0.3, -0.25) is 4.68 Å². The topological polar surface area (TPSA) is 55.2 Å². The molecular weight excluding hydrogens is 305 g/mol. The van der Waals surface area contributed by atoms with Gasteiger partial charge in [-0.25, -0.2) is 17.1 Å². The fraction of sp³-hybridized carbons (Fsp3) is 0.400. The molecule has 0 radical (unpaired) electrons. The molecule has 0 saturated heterocycles. The van der Waals surface area contributed by atoms with Crippen molar-refractivity contribution in [2.45, 2.75) is 26.1 Å². The highest BCUT2D eigenvalue weighted by Gasteiger charge is 2.21. The van der Waals surface area contributed by atoms with E-state index in [1.165, 1.54) is 28.6 Å². The van der Waals surface area contributed by atoms with Crippen molar-refractivity contribution in [3.63, 3.8) is 0 Å². The smallest absolute Gasteiger partial charge is 0.218 e. The van der Waals surface area contributed by atoms with Gasteiger partial charge in [0.25, 0.3) is 0 Å².